The summed E-state index contributed by atoms with van der Waals surface area (Å²) in [7, 11) is 0. The summed E-state index contributed by atoms with van der Waals surface area (Å²) in [5.41, 5.74) is 5.08. The number of nitrogens with zero attached hydrogens (tertiary/aromatic N) is 2. The molecule has 2 atom stereocenters. The molecule has 33 heavy (non-hydrogen) atoms. The van der Waals surface area contributed by atoms with Crippen LogP contribution in [0.15, 0.2) is 65.8 Å². The molecule has 0 N–H and O–H groups in total. The van der Waals surface area contributed by atoms with Crippen molar-refractivity contribution in [3.05, 3.63) is 93.5 Å². The van der Waals surface area contributed by atoms with Crippen molar-refractivity contribution in [1.82, 2.24) is 5.01 Å². The van der Waals surface area contributed by atoms with Gasteiger partial charge in [0.1, 0.15) is 0 Å². The summed E-state index contributed by atoms with van der Waals surface area (Å²) in [5.74, 6) is -0.653. The van der Waals surface area contributed by atoms with E-state index in [1.54, 1.807) is 12.1 Å². The maximum absolute atomic E-state index is 13.6. The quantitative estimate of drug-likeness (QED) is 0.426. The Morgan fingerprint density at radius 1 is 0.818 bits per heavy atom. The first-order chi connectivity index (χ1) is 16.1. The minimum atomic E-state index is -0.461. The summed E-state index contributed by atoms with van der Waals surface area (Å²) in [5, 5.41) is 5.75. The second-order valence-corrected chi connectivity index (χ2v) is 9.13. The molecule has 1 saturated heterocycles. The summed E-state index contributed by atoms with van der Waals surface area (Å²) >= 11 is 6.35. The van der Waals surface area contributed by atoms with E-state index in [9.17, 15) is 9.59 Å². The van der Waals surface area contributed by atoms with Crippen LogP contribution in [-0.2, 0) is 9.59 Å². The van der Waals surface area contributed by atoms with E-state index in [2.05, 4.69) is 29.4 Å². The van der Waals surface area contributed by atoms with Gasteiger partial charge in [0.25, 0.3) is 11.8 Å². The number of benzene rings is 3. The van der Waals surface area contributed by atoms with Gasteiger partial charge in [-0.25, -0.2) is 0 Å². The molecule has 162 valence electrons. The highest BCUT2D eigenvalue weighted by Crippen LogP contribution is 2.61. The van der Waals surface area contributed by atoms with Crippen LogP contribution in [-0.4, -0.2) is 29.8 Å². The van der Waals surface area contributed by atoms with Gasteiger partial charge in [0.05, 0.1) is 23.1 Å². The molecule has 0 radical (unpaired) electrons. The monoisotopic (exact) mass is 456 g/mol. The van der Waals surface area contributed by atoms with Gasteiger partial charge in [-0.05, 0) is 28.3 Å². The minimum absolute atomic E-state index is 0.128. The molecule has 0 aromatic heterocycles. The van der Waals surface area contributed by atoms with Crippen molar-refractivity contribution in [2.24, 2.45) is 16.9 Å². The fourth-order valence-electron chi connectivity index (χ4n) is 5.93. The summed E-state index contributed by atoms with van der Waals surface area (Å²) < 4.78 is 10.7. The van der Waals surface area contributed by atoms with Crippen molar-refractivity contribution >= 4 is 29.6 Å². The first-order valence-electron chi connectivity index (χ1n) is 10.8. The normalized spacial score (nSPS) is 26.0. The molecule has 5 aliphatic rings. The van der Waals surface area contributed by atoms with E-state index in [1.165, 1.54) is 6.21 Å². The lowest BCUT2D eigenvalue weighted by molar-refractivity contribution is -0.139. The molecule has 0 saturated carbocycles. The Labute approximate surface area is 194 Å². The lowest BCUT2D eigenvalue weighted by atomic mass is 9.55. The first-order valence-corrected chi connectivity index (χ1v) is 11.2. The van der Waals surface area contributed by atoms with Crippen molar-refractivity contribution in [2.75, 3.05) is 6.79 Å². The van der Waals surface area contributed by atoms with Crippen molar-refractivity contribution in [3.8, 4) is 11.5 Å². The maximum atomic E-state index is 13.6. The second kappa shape index (κ2) is 6.68. The number of fused-ring (bicyclic) bond motifs is 1. The van der Waals surface area contributed by atoms with Crippen LogP contribution in [0.3, 0.4) is 0 Å². The predicted molar refractivity (Wildman–Crippen MR) is 121 cm³/mol. The van der Waals surface area contributed by atoms with Gasteiger partial charge in [-0.15, -0.1) is 0 Å². The highest BCUT2D eigenvalue weighted by Gasteiger charge is 2.61. The molecule has 2 bridgehead atoms. The average molecular weight is 457 g/mol. The third-order valence-corrected chi connectivity index (χ3v) is 7.56. The minimum Gasteiger partial charge on any atom is -0.454 e. The Morgan fingerprint density at radius 3 is 1.82 bits per heavy atom. The van der Waals surface area contributed by atoms with Crippen molar-refractivity contribution in [1.29, 1.82) is 0 Å². The Kier molecular flexibility index (Phi) is 3.82. The molecule has 1 fully saturated rings. The van der Waals surface area contributed by atoms with Crippen LogP contribution in [0.25, 0.3) is 0 Å². The van der Waals surface area contributed by atoms with Gasteiger partial charge in [-0.3, -0.25) is 9.59 Å². The topological polar surface area (TPSA) is 68.2 Å². The summed E-state index contributed by atoms with van der Waals surface area (Å²) in [6, 6.07) is 19.6. The highest BCUT2D eigenvalue weighted by atomic mass is 35.5. The molecular formula is C26H17ClN2O4. The number of imide groups is 1. The van der Waals surface area contributed by atoms with Crippen molar-refractivity contribution in [2.45, 2.75) is 11.8 Å². The van der Waals surface area contributed by atoms with E-state index >= 15 is 0 Å². The fourth-order valence-corrected chi connectivity index (χ4v) is 6.13. The van der Waals surface area contributed by atoms with E-state index in [-0.39, 0.29) is 30.4 Å². The fraction of sp³-hybridized carbons (Fsp3) is 0.192. The largest absolute Gasteiger partial charge is 0.454 e. The smallest absolute Gasteiger partial charge is 0.254 e. The van der Waals surface area contributed by atoms with E-state index in [4.69, 9.17) is 21.1 Å². The molecule has 6 nitrogen and oxygen atoms in total. The summed E-state index contributed by atoms with van der Waals surface area (Å²) in [6.45, 7) is 0.128. The van der Waals surface area contributed by atoms with Gasteiger partial charge in [-0.2, -0.15) is 10.1 Å². The number of carbonyl (C=O) groups excluding carboxylic acids is 2. The first kappa shape index (κ1) is 18.9. The third kappa shape index (κ3) is 2.47. The van der Waals surface area contributed by atoms with Gasteiger partial charge < -0.3 is 9.47 Å². The molecule has 0 spiro atoms. The number of hydrogen-bond donors (Lipinski definition) is 0. The lowest BCUT2D eigenvalue weighted by Gasteiger charge is -2.45. The molecule has 3 aliphatic carbocycles. The van der Waals surface area contributed by atoms with Gasteiger partial charge in [0.2, 0.25) is 6.79 Å². The van der Waals surface area contributed by atoms with Gasteiger partial charge in [-0.1, -0.05) is 60.1 Å². The molecule has 0 unspecified atom stereocenters. The Morgan fingerprint density at radius 2 is 1.30 bits per heavy atom. The van der Waals surface area contributed by atoms with Gasteiger partial charge in [0.15, 0.2) is 11.5 Å². The number of rotatable bonds is 2. The zero-order chi connectivity index (χ0) is 22.3. The predicted octanol–water partition coefficient (Wildman–Crippen LogP) is 4.29. The number of carbonyl (C=O) groups is 2. The Balaban J connectivity index is 1.30. The standard InChI is InChI=1S/C26H17ClN2O4/c27-18-10-20-19(32-12-33-20)9-13(18)11-28-29-25(30)23-21-14-5-1-2-6-15(14)22(24(23)26(29)31)17-8-4-3-7-16(17)21/h1-11,21-24H,12H2/b28-11-/t21?,22?,23-,24+. The Hall–Kier alpha value is -3.64. The van der Waals surface area contributed by atoms with Crippen LogP contribution in [0.2, 0.25) is 5.02 Å². The van der Waals surface area contributed by atoms with E-state index < -0.39 is 11.8 Å². The Bertz CT molecular complexity index is 1290. The van der Waals surface area contributed by atoms with E-state index in [0.29, 0.717) is 22.1 Å². The van der Waals surface area contributed by atoms with Crippen LogP contribution >= 0.6 is 11.6 Å². The molecule has 7 heteroatoms. The number of halogens is 1. The molecule has 8 rings (SSSR count). The molecule has 3 aromatic rings. The van der Waals surface area contributed by atoms with Gasteiger partial charge in [0, 0.05) is 23.5 Å². The number of hydrazone groups is 1. The van der Waals surface area contributed by atoms with Crippen molar-refractivity contribution < 1.29 is 19.1 Å². The van der Waals surface area contributed by atoms with Crippen molar-refractivity contribution in [3.63, 3.8) is 0 Å². The second-order valence-electron chi connectivity index (χ2n) is 8.72. The van der Waals surface area contributed by atoms with Crippen LogP contribution in [0.5, 0.6) is 11.5 Å². The SMILES string of the molecule is O=C1[C@@H]2C3c4ccccc4C(c4ccccc43)[C@@H]2C(=O)N1/N=C\c1cc2c(cc1Cl)OCO2. The van der Waals surface area contributed by atoms with Crippen LogP contribution < -0.4 is 9.47 Å². The maximum Gasteiger partial charge on any atom is 0.254 e. The molecule has 3 aromatic carbocycles. The third-order valence-electron chi connectivity index (χ3n) is 7.23. The number of hydrogen-bond acceptors (Lipinski definition) is 5. The summed E-state index contributed by atoms with van der Waals surface area (Å²) in [6.07, 6.45) is 1.44. The molecule has 2 amide bonds. The zero-order valence-corrected chi connectivity index (χ0v) is 18.0. The van der Waals surface area contributed by atoms with Crippen LogP contribution in [0.1, 0.15) is 39.7 Å². The average Bonchev–Trinajstić information content (AvgIpc) is 3.39. The molecular weight excluding hydrogens is 440 g/mol. The van der Waals surface area contributed by atoms with Crippen LogP contribution in [0, 0.1) is 11.8 Å². The lowest BCUT2D eigenvalue weighted by Crippen LogP contribution is -2.41. The summed E-state index contributed by atoms with van der Waals surface area (Å²) in [4.78, 5) is 27.1. The highest BCUT2D eigenvalue weighted by molar-refractivity contribution is 6.33. The molecule has 2 aliphatic heterocycles. The van der Waals surface area contributed by atoms with E-state index in [1.807, 2.05) is 24.3 Å². The van der Waals surface area contributed by atoms with Gasteiger partial charge >= 0.3 is 0 Å². The number of amides is 2. The molecule has 2 heterocycles. The zero-order valence-electron chi connectivity index (χ0n) is 17.3. The number of ether oxygens (including phenoxy) is 2. The van der Waals surface area contributed by atoms with E-state index in [0.717, 1.165) is 27.3 Å². The van der Waals surface area contributed by atoms with Crippen LogP contribution in [0.4, 0.5) is 0 Å².